The molecule has 0 radical (unpaired) electrons. The van der Waals surface area contributed by atoms with E-state index in [-0.39, 0.29) is 12.6 Å². The van der Waals surface area contributed by atoms with Crippen LogP contribution in [-0.2, 0) is 17.9 Å². The van der Waals surface area contributed by atoms with Crippen LogP contribution in [-0.4, -0.2) is 11.0 Å². The Morgan fingerprint density at radius 2 is 2.32 bits per heavy atom. The Kier molecular flexibility index (Phi) is 4.52. The summed E-state index contributed by atoms with van der Waals surface area (Å²) in [7, 11) is 0. The van der Waals surface area contributed by atoms with Crippen LogP contribution in [0.5, 0.6) is 0 Å². The summed E-state index contributed by atoms with van der Waals surface area (Å²) in [4.78, 5) is 16.6. The summed E-state index contributed by atoms with van der Waals surface area (Å²) < 4.78 is 5.24. The van der Waals surface area contributed by atoms with Crippen molar-refractivity contribution in [2.75, 3.05) is 0 Å². The van der Waals surface area contributed by atoms with E-state index in [2.05, 4.69) is 4.98 Å². The highest BCUT2D eigenvalue weighted by Gasteiger charge is 2.16. The van der Waals surface area contributed by atoms with Crippen LogP contribution < -0.4 is 5.73 Å². The van der Waals surface area contributed by atoms with Gasteiger partial charge in [-0.15, -0.1) is 11.3 Å². The highest BCUT2D eigenvalue weighted by Crippen LogP contribution is 2.19. The Hall–Kier alpha value is -1.43. The summed E-state index contributed by atoms with van der Waals surface area (Å²) in [5.74, 6) is -0.380. The van der Waals surface area contributed by atoms with Crippen molar-refractivity contribution >= 4 is 28.9 Å². The van der Waals surface area contributed by atoms with Gasteiger partial charge in [-0.05, 0) is 24.6 Å². The Morgan fingerprint density at radius 3 is 2.95 bits per heavy atom. The van der Waals surface area contributed by atoms with Crippen LogP contribution in [0.3, 0.4) is 0 Å². The van der Waals surface area contributed by atoms with E-state index in [0.717, 1.165) is 10.6 Å². The quantitative estimate of drug-likeness (QED) is 0.881. The fourth-order valence-corrected chi connectivity index (χ4v) is 2.62. The number of halogens is 1. The minimum Gasteiger partial charge on any atom is -0.457 e. The standard InChI is InChI=1S/C13H13ClN2O2S/c1-8-12(19-11(6-15)16-8)13(17)18-7-9-3-2-4-10(14)5-9/h2-5H,6-7,15H2,1H3. The first-order valence-electron chi connectivity index (χ1n) is 5.68. The van der Waals surface area contributed by atoms with Crippen LogP contribution in [0.4, 0.5) is 0 Å². The minimum absolute atomic E-state index is 0.189. The van der Waals surface area contributed by atoms with Crippen LogP contribution in [0.25, 0.3) is 0 Å². The minimum atomic E-state index is -0.380. The first-order valence-corrected chi connectivity index (χ1v) is 6.87. The lowest BCUT2D eigenvalue weighted by Crippen LogP contribution is -2.04. The number of nitrogens with two attached hydrogens (primary N) is 1. The van der Waals surface area contributed by atoms with Gasteiger partial charge in [0.25, 0.3) is 0 Å². The number of aryl methyl sites for hydroxylation is 1. The largest absolute Gasteiger partial charge is 0.457 e. The zero-order chi connectivity index (χ0) is 13.8. The number of rotatable bonds is 4. The van der Waals surface area contributed by atoms with Crippen molar-refractivity contribution < 1.29 is 9.53 Å². The monoisotopic (exact) mass is 296 g/mol. The second-order valence-corrected chi connectivity index (χ2v) is 5.45. The number of esters is 1. The van der Waals surface area contributed by atoms with Gasteiger partial charge in [-0.1, -0.05) is 23.7 Å². The van der Waals surface area contributed by atoms with E-state index >= 15 is 0 Å². The molecular weight excluding hydrogens is 284 g/mol. The van der Waals surface area contributed by atoms with E-state index < -0.39 is 0 Å². The number of carbonyl (C=O) groups is 1. The third kappa shape index (κ3) is 3.53. The average molecular weight is 297 g/mol. The van der Waals surface area contributed by atoms with Gasteiger partial charge >= 0.3 is 5.97 Å². The summed E-state index contributed by atoms with van der Waals surface area (Å²) in [5.41, 5.74) is 7.00. The second-order valence-electron chi connectivity index (χ2n) is 3.93. The van der Waals surface area contributed by atoms with Crippen molar-refractivity contribution in [3.63, 3.8) is 0 Å². The van der Waals surface area contributed by atoms with E-state index in [1.807, 2.05) is 12.1 Å². The van der Waals surface area contributed by atoms with E-state index in [0.29, 0.717) is 22.1 Å². The summed E-state index contributed by atoms with van der Waals surface area (Å²) in [6.07, 6.45) is 0. The van der Waals surface area contributed by atoms with Gasteiger partial charge in [0.1, 0.15) is 16.5 Å². The van der Waals surface area contributed by atoms with Gasteiger partial charge in [0.2, 0.25) is 0 Å². The van der Waals surface area contributed by atoms with Gasteiger partial charge in [-0.2, -0.15) is 0 Å². The number of thiazole rings is 1. The Morgan fingerprint density at radius 1 is 1.53 bits per heavy atom. The Bertz CT molecular complexity index is 598. The predicted octanol–water partition coefficient (Wildman–Crippen LogP) is 2.92. The number of aromatic nitrogens is 1. The predicted molar refractivity (Wildman–Crippen MR) is 75.3 cm³/mol. The Balaban J connectivity index is 2.03. The molecule has 2 aromatic rings. The first kappa shape index (κ1) is 14.0. The smallest absolute Gasteiger partial charge is 0.350 e. The molecule has 0 atom stereocenters. The topological polar surface area (TPSA) is 65.2 Å². The number of carbonyl (C=O) groups excluding carboxylic acids is 1. The van der Waals surface area contributed by atoms with Gasteiger partial charge in [-0.25, -0.2) is 9.78 Å². The molecule has 0 unspecified atom stereocenters. The summed E-state index contributed by atoms with van der Waals surface area (Å²) in [5, 5.41) is 1.35. The summed E-state index contributed by atoms with van der Waals surface area (Å²) >= 11 is 7.13. The molecule has 100 valence electrons. The van der Waals surface area contributed by atoms with Gasteiger partial charge in [0, 0.05) is 11.6 Å². The maximum atomic E-state index is 11.9. The van der Waals surface area contributed by atoms with Crippen LogP contribution in [0.2, 0.25) is 5.02 Å². The third-order valence-corrected chi connectivity index (χ3v) is 3.85. The summed E-state index contributed by atoms with van der Waals surface area (Å²) in [6.45, 7) is 2.29. The molecule has 1 aromatic carbocycles. The van der Waals surface area contributed by atoms with Crippen molar-refractivity contribution in [1.29, 1.82) is 0 Å². The molecule has 0 aliphatic rings. The van der Waals surface area contributed by atoms with E-state index in [1.54, 1.807) is 19.1 Å². The summed E-state index contributed by atoms with van der Waals surface area (Å²) in [6, 6.07) is 7.20. The van der Waals surface area contributed by atoms with Crippen molar-refractivity contribution in [1.82, 2.24) is 4.98 Å². The zero-order valence-corrected chi connectivity index (χ0v) is 11.9. The molecule has 1 heterocycles. The molecule has 0 saturated heterocycles. The van der Waals surface area contributed by atoms with E-state index in [9.17, 15) is 4.79 Å². The molecule has 6 heteroatoms. The molecule has 0 saturated carbocycles. The Labute approximate surface area is 120 Å². The number of nitrogens with zero attached hydrogens (tertiary/aromatic N) is 1. The number of ether oxygens (including phenoxy) is 1. The SMILES string of the molecule is Cc1nc(CN)sc1C(=O)OCc1cccc(Cl)c1. The molecule has 0 fully saturated rings. The fourth-order valence-electron chi connectivity index (χ4n) is 1.57. The second kappa shape index (κ2) is 6.14. The lowest BCUT2D eigenvalue weighted by molar-refractivity contribution is 0.0477. The lowest BCUT2D eigenvalue weighted by Gasteiger charge is -2.04. The van der Waals surface area contributed by atoms with E-state index in [1.165, 1.54) is 11.3 Å². The van der Waals surface area contributed by atoms with Crippen LogP contribution in [0, 0.1) is 6.92 Å². The van der Waals surface area contributed by atoms with Crippen LogP contribution >= 0.6 is 22.9 Å². The van der Waals surface area contributed by atoms with Gasteiger partial charge in [0.05, 0.1) is 5.69 Å². The lowest BCUT2D eigenvalue weighted by atomic mass is 10.2. The van der Waals surface area contributed by atoms with E-state index in [4.69, 9.17) is 22.1 Å². The molecule has 1 aromatic heterocycles. The van der Waals surface area contributed by atoms with Crippen molar-refractivity contribution in [3.05, 3.63) is 50.4 Å². The fraction of sp³-hybridized carbons (Fsp3) is 0.231. The highest BCUT2D eigenvalue weighted by atomic mass is 35.5. The number of benzene rings is 1. The molecule has 0 aliphatic carbocycles. The maximum Gasteiger partial charge on any atom is 0.350 e. The highest BCUT2D eigenvalue weighted by molar-refractivity contribution is 7.13. The molecule has 0 amide bonds. The number of hydrogen-bond donors (Lipinski definition) is 1. The molecule has 0 spiro atoms. The molecule has 0 aliphatic heterocycles. The molecule has 2 N–H and O–H groups in total. The molecule has 0 bridgehead atoms. The van der Waals surface area contributed by atoms with Crippen molar-refractivity contribution in [2.24, 2.45) is 5.73 Å². The molecular formula is C13H13ClN2O2S. The normalized spacial score (nSPS) is 10.5. The molecule has 4 nitrogen and oxygen atoms in total. The third-order valence-electron chi connectivity index (χ3n) is 2.46. The van der Waals surface area contributed by atoms with Crippen LogP contribution in [0.1, 0.15) is 25.9 Å². The zero-order valence-electron chi connectivity index (χ0n) is 10.4. The maximum absolute atomic E-state index is 11.9. The molecule has 2 rings (SSSR count). The van der Waals surface area contributed by atoms with Gasteiger partial charge in [-0.3, -0.25) is 0 Å². The van der Waals surface area contributed by atoms with Crippen molar-refractivity contribution in [2.45, 2.75) is 20.1 Å². The number of hydrogen-bond acceptors (Lipinski definition) is 5. The average Bonchev–Trinajstić information content (AvgIpc) is 2.77. The van der Waals surface area contributed by atoms with Crippen LogP contribution in [0.15, 0.2) is 24.3 Å². The van der Waals surface area contributed by atoms with Crippen molar-refractivity contribution in [3.8, 4) is 0 Å². The van der Waals surface area contributed by atoms with Gasteiger partial charge < -0.3 is 10.5 Å². The first-order chi connectivity index (χ1) is 9.10. The molecule has 19 heavy (non-hydrogen) atoms. The van der Waals surface area contributed by atoms with Gasteiger partial charge in [0.15, 0.2) is 0 Å².